The Hall–Kier alpha value is -0.850. The van der Waals surface area contributed by atoms with Crippen LogP contribution in [-0.2, 0) is 0 Å². The fourth-order valence-electron chi connectivity index (χ4n) is 0.651. The molecule has 0 aliphatic rings. The highest BCUT2D eigenvalue weighted by Gasteiger charge is 2.14. The average molecular weight is 137 g/mol. The van der Waals surface area contributed by atoms with Gasteiger partial charge in [0.2, 0.25) is 0 Å². The van der Waals surface area contributed by atoms with Gasteiger partial charge in [0.15, 0.2) is 0 Å². The summed E-state index contributed by atoms with van der Waals surface area (Å²) in [4.78, 5) is 4.08. The van der Waals surface area contributed by atoms with Crippen LogP contribution in [0.1, 0.15) is 20.8 Å². The molecular weight excluding hydrogens is 122 g/mol. The summed E-state index contributed by atoms with van der Waals surface area (Å²) in [5.74, 6) is 0. The van der Waals surface area contributed by atoms with E-state index < -0.39 is 0 Å². The molecule has 0 radical (unpaired) electrons. The Balaban J connectivity index is 4.51. The summed E-state index contributed by atoms with van der Waals surface area (Å²) < 4.78 is 0. The summed E-state index contributed by atoms with van der Waals surface area (Å²) in [5.41, 5.74) is 1.05. The first-order chi connectivity index (χ1) is 4.52. The lowest BCUT2D eigenvalue weighted by molar-refractivity contribution is 0.594. The van der Waals surface area contributed by atoms with E-state index in [9.17, 15) is 0 Å². The number of hydrogen-bond acceptors (Lipinski definition) is 1. The monoisotopic (exact) mass is 137 g/mol. The zero-order valence-electron chi connectivity index (χ0n) is 7.02. The molecule has 0 amide bonds. The molecule has 0 heterocycles. The van der Waals surface area contributed by atoms with Crippen LogP contribution in [0.3, 0.4) is 0 Å². The quantitative estimate of drug-likeness (QED) is 0.519. The normalized spacial score (nSPS) is 12.9. The maximum Gasteiger partial charge on any atom is 0.0450 e. The van der Waals surface area contributed by atoms with Crippen molar-refractivity contribution in [3.8, 4) is 0 Å². The van der Waals surface area contributed by atoms with Crippen LogP contribution in [0.15, 0.2) is 30.4 Å². The molecule has 1 heteroatoms. The van der Waals surface area contributed by atoms with E-state index in [1.807, 2.05) is 0 Å². The van der Waals surface area contributed by atoms with Crippen LogP contribution in [0.4, 0.5) is 0 Å². The van der Waals surface area contributed by atoms with E-state index in [1.165, 1.54) is 0 Å². The minimum absolute atomic E-state index is 0.0793. The predicted molar refractivity (Wildman–Crippen MR) is 47.3 cm³/mol. The van der Waals surface area contributed by atoms with Gasteiger partial charge in [-0.2, -0.15) is 0 Å². The summed E-state index contributed by atoms with van der Waals surface area (Å²) in [6.07, 6.45) is 3.31. The molecule has 0 aromatic rings. The fourth-order valence-corrected chi connectivity index (χ4v) is 0.651. The van der Waals surface area contributed by atoms with Crippen LogP contribution >= 0.6 is 0 Å². The molecule has 0 bridgehead atoms. The molecule has 0 unspecified atom stereocenters. The van der Waals surface area contributed by atoms with Gasteiger partial charge in [-0.1, -0.05) is 33.9 Å². The molecule has 0 atom stereocenters. The van der Waals surface area contributed by atoms with Crippen molar-refractivity contribution in [2.75, 3.05) is 0 Å². The minimum atomic E-state index is 0.0793. The van der Waals surface area contributed by atoms with Crippen LogP contribution in [-0.4, -0.2) is 5.71 Å². The standard InChI is InChI=1S/C9H15N/c1-6-8(10-7-2)9(3,4)5/h6-7H,1-2H2,3-5H3/b10-8+. The van der Waals surface area contributed by atoms with E-state index in [4.69, 9.17) is 0 Å². The Bertz CT molecular complexity index is 158. The predicted octanol–water partition coefficient (Wildman–Crippen LogP) is 2.80. The molecular formula is C9H15N. The molecule has 0 saturated carbocycles. The molecule has 0 spiro atoms. The van der Waals surface area contributed by atoms with Crippen LogP contribution in [0.2, 0.25) is 0 Å². The summed E-state index contributed by atoms with van der Waals surface area (Å²) in [6.45, 7) is 13.5. The maximum absolute atomic E-state index is 4.08. The van der Waals surface area contributed by atoms with Crippen molar-refractivity contribution in [2.45, 2.75) is 20.8 Å². The number of hydrogen-bond donors (Lipinski definition) is 0. The molecule has 0 aliphatic heterocycles. The molecule has 1 nitrogen and oxygen atoms in total. The summed E-state index contributed by atoms with van der Waals surface area (Å²) >= 11 is 0. The SMILES string of the molecule is C=C/N=C(\C=C)C(C)(C)C. The van der Waals surface area contributed by atoms with Crippen molar-refractivity contribution in [1.29, 1.82) is 0 Å². The van der Waals surface area contributed by atoms with Gasteiger partial charge >= 0.3 is 0 Å². The smallest absolute Gasteiger partial charge is 0.0450 e. The molecule has 0 aromatic heterocycles. The van der Waals surface area contributed by atoms with Gasteiger partial charge in [-0.05, 0) is 6.08 Å². The highest BCUT2D eigenvalue weighted by Crippen LogP contribution is 2.16. The van der Waals surface area contributed by atoms with Crippen molar-refractivity contribution in [3.05, 3.63) is 25.4 Å². The molecule has 10 heavy (non-hydrogen) atoms. The van der Waals surface area contributed by atoms with Gasteiger partial charge in [-0.3, -0.25) is 4.99 Å². The zero-order chi connectivity index (χ0) is 8.20. The Morgan fingerprint density at radius 1 is 1.30 bits per heavy atom. The molecule has 0 fully saturated rings. The second kappa shape index (κ2) is 3.35. The van der Waals surface area contributed by atoms with Gasteiger partial charge in [0.05, 0.1) is 0 Å². The molecule has 0 saturated heterocycles. The lowest BCUT2D eigenvalue weighted by Crippen LogP contribution is -2.17. The van der Waals surface area contributed by atoms with Crippen LogP contribution in [0, 0.1) is 5.41 Å². The third kappa shape index (κ3) is 2.62. The minimum Gasteiger partial charge on any atom is -0.261 e. The number of rotatable bonds is 2. The van der Waals surface area contributed by atoms with Crippen molar-refractivity contribution in [3.63, 3.8) is 0 Å². The second-order valence-electron chi connectivity index (χ2n) is 3.15. The van der Waals surface area contributed by atoms with Gasteiger partial charge < -0.3 is 0 Å². The molecule has 0 aliphatic carbocycles. The number of aliphatic imine (C=N–C) groups is 1. The van der Waals surface area contributed by atoms with Gasteiger partial charge in [0.1, 0.15) is 0 Å². The molecule has 0 N–H and O–H groups in total. The van der Waals surface area contributed by atoms with E-state index in [0.717, 1.165) is 5.71 Å². The Morgan fingerprint density at radius 3 is 1.90 bits per heavy atom. The van der Waals surface area contributed by atoms with E-state index in [-0.39, 0.29) is 5.41 Å². The van der Waals surface area contributed by atoms with E-state index in [0.29, 0.717) is 0 Å². The summed E-state index contributed by atoms with van der Waals surface area (Å²) in [5, 5.41) is 0. The summed E-state index contributed by atoms with van der Waals surface area (Å²) in [6, 6.07) is 0. The largest absolute Gasteiger partial charge is 0.261 e. The molecule has 0 rings (SSSR count). The first-order valence-electron chi connectivity index (χ1n) is 3.34. The van der Waals surface area contributed by atoms with E-state index in [2.05, 4.69) is 38.9 Å². The fraction of sp³-hybridized carbons (Fsp3) is 0.444. The van der Waals surface area contributed by atoms with Gasteiger partial charge in [0.25, 0.3) is 0 Å². The zero-order valence-corrected chi connectivity index (χ0v) is 7.02. The first kappa shape index (κ1) is 9.15. The van der Waals surface area contributed by atoms with E-state index >= 15 is 0 Å². The lowest BCUT2D eigenvalue weighted by atomic mass is 9.90. The molecule has 0 aromatic carbocycles. The van der Waals surface area contributed by atoms with Crippen molar-refractivity contribution >= 4 is 5.71 Å². The lowest BCUT2D eigenvalue weighted by Gasteiger charge is -2.17. The maximum atomic E-state index is 4.08. The van der Waals surface area contributed by atoms with Gasteiger partial charge in [-0.25, -0.2) is 0 Å². The second-order valence-corrected chi connectivity index (χ2v) is 3.15. The van der Waals surface area contributed by atoms with E-state index in [1.54, 1.807) is 12.3 Å². The first-order valence-corrected chi connectivity index (χ1v) is 3.34. The number of nitrogens with zero attached hydrogens (tertiary/aromatic N) is 1. The number of allylic oxidation sites excluding steroid dienone is 1. The topological polar surface area (TPSA) is 12.4 Å². The van der Waals surface area contributed by atoms with Crippen LogP contribution < -0.4 is 0 Å². The highest BCUT2D eigenvalue weighted by molar-refractivity contribution is 5.98. The summed E-state index contributed by atoms with van der Waals surface area (Å²) in [7, 11) is 0. The van der Waals surface area contributed by atoms with Gasteiger partial charge in [-0.15, -0.1) is 0 Å². The van der Waals surface area contributed by atoms with Crippen molar-refractivity contribution < 1.29 is 0 Å². The van der Waals surface area contributed by atoms with Crippen molar-refractivity contribution in [1.82, 2.24) is 0 Å². The van der Waals surface area contributed by atoms with Crippen molar-refractivity contribution in [2.24, 2.45) is 10.4 Å². The molecule has 56 valence electrons. The highest BCUT2D eigenvalue weighted by atomic mass is 14.7. The Labute approximate surface area is 63.2 Å². The Kier molecular flexibility index (Phi) is 3.07. The third-order valence-electron chi connectivity index (χ3n) is 1.19. The Morgan fingerprint density at radius 2 is 1.80 bits per heavy atom. The van der Waals surface area contributed by atoms with Crippen LogP contribution in [0.5, 0.6) is 0 Å². The third-order valence-corrected chi connectivity index (χ3v) is 1.19. The van der Waals surface area contributed by atoms with Gasteiger partial charge in [0, 0.05) is 17.3 Å². The average Bonchev–Trinajstić information content (AvgIpc) is 1.80. The van der Waals surface area contributed by atoms with Crippen LogP contribution in [0.25, 0.3) is 0 Å².